The number of fused-ring (bicyclic) bond motifs is 1. The highest BCUT2D eigenvalue weighted by Gasteiger charge is 2.15. The third-order valence-electron chi connectivity index (χ3n) is 4.88. The number of anilines is 1. The van der Waals surface area contributed by atoms with Gasteiger partial charge in [0.05, 0.1) is 12.7 Å². The Labute approximate surface area is 176 Å². The van der Waals surface area contributed by atoms with Crippen molar-refractivity contribution < 1.29 is 9.32 Å². The van der Waals surface area contributed by atoms with Crippen molar-refractivity contribution in [2.24, 2.45) is 0 Å². The predicted molar refractivity (Wildman–Crippen MR) is 111 cm³/mol. The van der Waals surface area contributed by atoms with Crippen molar-refractivity contribution in [2.45, 2.75) is 19.9 Å². The van der Waals surface area contributed by atoms with Crippen molar-refractivity contribution in [3.63, 3.8) is 0 Å². The first-order valence-electron chi connectivity index (χ1n) is 9.67. The topological polar surface area (TPSA) is 116 Å². The molecule has 1 aromatic carbocycles. The Bertz CT molecular complexity index is 1350. The smallest absolute Gasteiger partial charge is 0.274 e. The molecule has 5 rings (SSSR count). The zero-order chi connectivity index (χ0) is 21.2. The maximum atomic E-state index is 12.9. The number of amides is 1. The lowest BCUT2D eigenvalue weighted by molar-refractivity contribution is 0.102. The highest BCUT2D eigenvalue weighted by Crippen LogP contribution is 2.24. The number of imidazole rings is 1. The van der Waals surface area contributed by atoms with Crippen LogP contribution >= 0.6 is 0 Å². The summed E-state index contributed by atoms with van der Waals surface area (Å²) in [5, 5.41) is 11.1. The third kappa shape index (κ3) is 3.78. The molecular weight excluding hydrogens is 396 g/mol. The quantitative estimate of drug-likeness (QED) is 0.454. The van der Waals surface area contributed by atoms with Gasteiger partial charge >= 0.3 is 0 Å². The van der Waals surface area contributed by atoms with E-state index in [1.807, 2.05) is 43.3 Å². The number of nitrogens with one attached hydrogen (secondary N) is 1. The summed E-state index contributed by atoms with van der Waals surface area (Å²) in [5.74, 6) is 0.710. The van der Waals surface area contributed by atoms with Crippen LogP contribution < -0.4 is 5.32 Å². The van der Waals surface area contributed by atoms with Crippen LogP contribution in [0.2, 0.25) is 0 Å². The molecule has 1 N–H and O–H groups in total. The molecule has 0 unspecified atom stereocenters. The first-order valence-corrected chi connectivity index (χ1v) is 9.67. The van der Waals surface area contributed by atoms with Crippen LogP contribution in [0.3, 0.4) is 0 Å². The van der Waals surface area contributed by atoms with E-state index in [4.69, 9.17) is 4.52 Å². The van der Waals surface area contributed by atoms with Crippen LogP contribution in [0.25, 0.3) is 17.0 Å². The monoisotopic (exact) mass is 414 g/mol. The van der Waals surface area contributed by atoms with Crippen LogP contribution in [-0.2, 0) is 13.0 Å². The Morgan fingerprint density at radius 1 is 1.23 bits per heavy atom. The number of nitrogens with zero attached hydrogens (tertiary/aromatic N) is 7. The number of aromatic nitrogens is 7. The molecule has 0 atom stereocenters. The van der Waals surface area contributed by atoms with Crippen LogP contribution in [0.15, 0.2) is 66.0 Å². The molecule has 0 saturated heterocycles. The molecule has 31 heavy (non-hydrogen) atoms. The van der Waals surface area contributed by atoms with Gasteiger partial charge in [-0.2, -0.15) is 10.1 Å². The number of rotatable bonds is 6. The third-order valence-corrected chi connectivity index (χ3v) is 4.88. The average molecular weight is 414 g/mol. The van der Waals surface area contributed by atoms with Gasteiger partial charge in [-0.05, 0) is 30.7 Å². The van der Waals surface area contributed by atoms with Crippen molar-refractivity contribution in [1.29, 1.82) is 0 Å². The molecule has 0 spiro atoms. The second-order valence-electron chi connectivity index (χ2n) is 6.98. The van der Waals surface area contributed by atoms with E-state index in [0.717, 1.165) is 11.1 Å². The Kier molecular flexibility index (Phi) is 4.71. The standard InChI is InChI=1S/C21H18N8O2/c1-14-5-6-15(20-26-19(31-27-20)7-9-28-13-22-12-24-28)10-16(14)25-21(30)17-11-23-18-4-2-3-8-29(17)18/h2-6,8,10-13H,7,9H2,1H3,(H,25,30). The number of carbonyl (C=O) groups excluding carboxylic acids is 1. The van der Waals surface area contributed by atoms with E-state index in [0.29, 0.717) is 41.7 Å². The highest BCUT2D eigenvalue weighted by atomic mass is 16.5. The number of benzene rings is 1. The van der Waals surface area contributed by atoms with Gasteiger partial charge in [0.1, 0.15) is 24.0 Å². The number of hydrogen-bond acceptors (Lipinski definition) is 7. The van der Waals surface area contributed by atoms with E-state index >= 15 is 0 Å². The van der Waals surface area contributed by atoms with Gasteiger partial charge in [-0.15, -0.1) is 0 Å². The average Bonchev–Trinajstić information content (AvgIpc) is 3.54. The summed E-state index contributed by atoms with van der Waals surface area (Å²) in [4.78, 5) is 25.5. The normalized spacial score (nSPS) is 11.1. The maximum Gasteiger partial charge on any atom is 0.274 e. The minimum Gasteiger partial charge on any atom is -0.339 e. The van der Waals surface area contributed by atoms with Crippen LogP contribution in [-0.4, -0.2) is 40.2 Å². The summed E-state index contributed by atoms with van der Waals surface area (Å²) < 4.78 is 8.80. The van der Waals surface area contributed by atoms with Gasteiger partial charge in [0.15, 0.2) is 0 Å². The molecular formula is C21H18N8O2. The fourth-order valence-electron chi connectivity index (χ4n) is 3.21. The molecule has 0 aliphatic rings. The van der Waals surface area contributed by atoms with Gasteiger partial charge in [0.25, 0.3) is 5.91 Å². The molecule has 0 fully saturated rings. The van der Waals surface area contributed by atoms with Crippen LogP contribution in [0.1, 0.15) is 21.9 Å². The molecule has 0 radical (unpaired) electrons. The molecule has 4 heterocycles. The summed E-state index contributed by atoms with van der Waals surface area (Å²) in [6, 6.07) is 11.2. The summed E-state index contributed by atoms with van der Waals surface area (Å²) in [6.07, 6.45) is 7.02. The fourth-order valence-corrected chi connectivity index (χ4v) is 3.21. The van der Waals surface area contributed by atoms with Crippen LogP contribution in [0, 0.1) is 6.92 Å². The van der Waals surface area contributed by atoms with Gasteiger partial charge in [0, 0.05) is 23.9 Å². The molecule has 1 amide bonds. The Morgan fingerprint density at radius 3 is 3.03 bits per heavy atom. The minimum absolute atomic E-state index is 0.249. The van der Waals surface area contributed by atoms with Crippen molar-refractivity contribution in [3.8, 4) is 11.4 Å². The zero-order valence-corrected chi connectivity index (χ0v) is 16.6. The fraction of sp³-hybridized carbons (Fsp3) is 0.143. The van der Waals surface area contributed by atoms with Crippen molar-refractivity contribution in [2.75, 3.05) is 5.32 Å². The van der Waals surface area contributed by atoms with Crippen LogP contribution in [0.5, 0.6) is 0 Å². The predicted octanol–water partition coefficient (Wildman–Crippen LogP) is 2.78. The molecule has 0 aliphatic carbocycles. The van der Waals surface area contributed by atoms with Gasteiger partial charge in [-0.3, -0.25) is 13.9 Å². The molecule has 154 valence electrons. The first-order chi connectivity index (χ1) is 15.2. The van der Waals surface area contributed by atoms with Gasteiger partial charge in [-0.1, -0.05) is 23.4 Å². The van der Waals surface area contributed by atoms with Gasteiger partial charge in [0.2, 0.25) is 11.7 Å². The van der Waals surface area contributed by atoms with Crippen molar-refractivity contribution >= 4 is 17.2 Å². The highest BCUT2D eigenvalue weighted by molar-refractivity contribution is 6.04. The van der Waals surface area contributed by atoms with Crippen molar-refractivity contribution in [1.82, 2.24) is 34.3 Å². The lowest BCUT2D eigenvalue weighted by atomic mass is 10.1. The summed E-state index contributed by atoms with van der Waals surface area (Å²) >= 11 is 0. The Balaban J connectivity index is 1.35. The second kappa shape index (κ2) is 7.82. The second-order valence-corrected chi connectivity index (χ2v) is 6.98. The SMILES string of the molecule is Cc1ccc(-c2noc(CCn3cncn3)n2)cc1NC(=O)c1cnc2ccccn12. The maximum absolute atomic E-state index is 12.9. The van der Waals surface area contributed by atoms with Crippen molar-refractivity contribution in [3.05, 3.63) is 78.6 Å². The lowest BCUT2D eigenvalue weighted by Gasteiger charge is -2.09. The Hall–Kier alpha value is -4.34. The zero-order valence-electron chi connectivity index (χ0n) is 16.6. The molecule has 0 saturated carbocycles. The summed E-state index contributed by atoms with van der Waals surface area (Å²) in [5.41, 5.74) is 3.50. The lowest BCUT2D eigenvalue weighted by Crippen LogP contribution is -2.15. The largest absolute Gasteiger partial charge is 0.339 e. The molecule has 4 aromatic heterocycles. The van der Waals surface area contributed by atoms with E-state index in [1.165, 1.54) is 6.33 Å². The van der Waals surface area contributed by atoms with Gasteiger partial charge < -0.3 is 9.84 Å². The van der Waals surface area contributed by atoms with Crippen LogP contribution in [0.4, 0.5) is 5.69 Å². The van der Waals surface area contributed by atoms with Gasteiger partial charge in [-0.25, -0.2) is 9.97 Å². The Morgan fingerprint density at radius 2 is 2.16 bits per heavy atom. The number of carbonyl (C=O) groups is 1. The summed E-state index contributed by atoms with van der Waals surface area (Å²) in [6.45, 7) is 2.52. The number of pyridine rings is 1. The summed E-state index contributed by atoms with van der Waals surface area (Å²) in [7, 11) is 0. The van der Waals surface area contributed by atoms with E-state index in [9.17, 15) is 4.79 Å². The molecule has 5 aromatic rings. The van der Waals surface area contributed by atoms with E-state index < -0.39 is 0 Å². The molecule has 0 aliphatic heterocycles. The van der Waals surface area contributed by atoms with E-state index in [1.54, 1.807) is 27.8 Å². The van der Waals surface area contributed by atoms with E-state index in [2.05, 4.69) is 30.5 Å². The minimum atomic E-state index is -0.249. The van der Waals surface area contributed by atoms with E-state index in [-0.39, 0.29) is 5.91 Å². The number of aryl methyl sites for hydroxylation is 3. The number of hydrogen-bond donors (Lipinski definition) is 1. The first kappa shape index (κ1) is 18.7. The molecule has 10 heteroatoms. The molecule has 10 nitrogen and oxygen atoms in total. The molecule has 0 bridgehead atoms.